The molecular weight excluding hydrogens is 440 g/mol. The van der Waals surface area contributed by atoms with Gasteiger partial charge in [-0.1, -0.05) is 18.2 Å². The van der Waals surface area contributed by atoms with Crippen LogP contribution >= 0.6 is 11.8 Å². The van der Waals surface area contributed by atoms with Crippen molar-refractivity contribution in [3.63, 3.8) is 0 Å². The fraction of sp³-hybridized carbons (Fsp3) is 0.400. The summed E-state index contributed by atoms with van der Waals surface area (Å²) in [6, 6.07) is 13.6. The molecule has 0 aromatic heterocycles. The van der Waals surface area contributed by atoms with Gasteiger partial charge in [-0.15, -0.1) is 11.8 Å². The number of primary sulfonamides is 1. The minimum Gasteiger partial charge on any atom is -0.379 e. The normalized spacial score (nSPS) is 17.1. The van der Waals surface area contributed by atoms with Gasteiger partial charge in [0, 0.05) is 30.1 Å². The van der Waals surface area contributed by atoms with Crippen LogP contribution in [0, 0.1) is 10.1 Å². The number of benzene rings is 2. The molecule has 9 nitrogen and oxygen atoms in total. The van der Waals surface area contributed by atoms with Crippen LogP contribution in [0.25, 0.3) is 0 Å². The van der Waals surface area contributed by atoms with Crippen molar-refractivity contribution in [1.82, 2.24) is 4.90 Å². The van der Waals surface area contributed by atoms with Crippen molar-refractivity contribution in [3.8, 4) is 0 Å². The number of morpholine rings is 1. The highest BCUT2D eigenvalue weighted by molar-refractivity contribution is 7.99. The van der Waals surface area contributed by atoms with Crippen LogP contribution in [0.2, 0.25) is 0 Å². The van der Waals surface area contributed by atoms with E-state index in [1.807, 2.05) is 25.1 Å². The van der Waals surface area contributed by atoms with E-state index in [-0.39, 0.29) is 27.7 Å². The molecule has 3 N–H and O–H groups in total. The highest BCUT2D eigenvalue weighted by Gasteiger charge is 2.26. The summed E-state index contributed by atoms with van der Waals surface area (Å²) in [4.78, 5) is 14.1. The quantitative estimate of drug-likeness (QED) is 0.328. The third kappa shape index (κ3) is 6.65. The van der Waals surface area contributed by atoms with Crippen LogP contribution in [0.15, 0.2) is 58.3 Å². The Balaban J connectivity index is 1.77. The van der Waals surface area contributed by atoms with Crippen LogP contribution in [0.1, 0.15) is 13.3 Å². The van der Waals surface area contributed by atoms with Gasteiger partial charge in [-0.3, -0.25) is 15.0 Å². The molecule has 1 saturated heterocycles. The predicted molar refractivity (Wildman–Crippen MR) is 121 cm³/mol. The van der Waals surface area contributed by atoms with Gasteiger partial charge in [-0.25, -0.2) is 13.6 Å². The predicted octanol–water partition coefficient (Wildman–Crippen LogP) is 2.88. The number of nitro benzene ring substituents is 1. The summed E-state index contributed by atoms with van der Waals surface area (Å²) < 4.78 is 28.6. The molecule has 1 fully saturated rings. The molecule has 168 valence electrons. The van der Waals surface area contributed by atoms with Gasteiger partial charge in [0.2, 0.25) is 10.0 Å². The van der Waals surface area contributed by atoms with E-state index in [2.05, 4.69) is 22.3 Å². The van der Waals surface area contributed by atoms with Crippen molar-refractivity contribution in [1.29, 1.82) is 0 Å². The van der Waals surface area contributed by atoms with Gasteiger partial charge in [-0.05, 0) is 37.6 Å². The zero-order chi connectivity index (χ0) is 22.4. The molecule has 0 amide bonds. The third-order valence-electron chi connectivity index (χ3n) is 4.92. The minimum atomic E-state index is -4.03. The lowest BCUT2D eigenvalue weighted by molar-refractivity contribution is -0.384. The van der Waals surface area contributed by atoms with Crippen molar-refractivity contribution in [2.45, 2.75) is 34.6 Å². The maximum atomic E-state index is 11.6. The molecule has 2 atom stereocenters. The van der Waals surface area contributed by atoms with E-state index in [0.29, 0.717) is 19.6 Å². The Morgan fingerprint density at radius 3 is 2.52 bits per heavy atom. The average Bonchev–Trinajstić information content (AvgIpc) is 2.74. The number of ether oxygens (including phenoxy) is 1. The van der Waals surface area contributed by atoms with E-state index < -0.39 is 14.9 Å². The molecular formula is C20H26N4O5S2. The summed E-state index contributed by atoms with van der Waals surface area (Å²) in [6.07, 6.45) is 0.716. The first-order valence-electron chi connectivity index (χ1n) is 9.85. The number of nitrogens with one attached hydrogen (secondary N) is 1. The Bertz CT molecular complexity index is 998. The number of rotatable bonds is 9. The van der Waals surface area contributed by atoms with E-state index in [1.165, 1.54) is 12.1 Å². The summed E-state index contributed by atoms with van der Waals surface area (Å²) in [6.45, 7) is 4.94. The molecule has 0 aliphatic carbocycles. The monoisotopic (exact) mass is 466 g/mol. The fourth-order valence-electron chi connectivity index (χ4n) is 3.38. The largest absolute Gasteiger partial charge is 0.379 e. The van der Waals surface area contributed by atoms with Gasteiger partial charge in [0.15, 0.2) is 0 Å². The molecule has 1 aliphatic heterocycles. The molecule has 0 radical (unpaired) electrons. The van der Waals surface area contributed by atoms with Crippen LogP contribution in [0.3, 0.4) is 0 Å². The number of nitrogens with zero attached hydrogens (tertiary/aromatic N) is 2. The molecule has 0 unspecified atom stereocenters. The first kappa shape index (κ1) is 23.5. The van der Waals surface area contributed by atoms with Crippen molar-refractivity contribution in [3.05, 3.63) is 58.6 Å². The number of nitrogens with two attached hydrogens (primary N) is 1. The number of anilines is 1. The van der Waals surface area contributed by atoms with Crippen LogP contribution in [-0.4, -0.2) is 56.0 Å². The topological polar surface area (TPSA) is 128 Å². The zero-order valence-electron chi connectivity index (χ0n) is 17.1. The van der Waals surface area contributed by atoms with Gasteiger partial charge >= 0.3 is 0 Å². The molecule has 0 bridgehead atoms. The zero-order valence-corrected chi connectivity index (χ0v) is 18.8. The van der Waals surface area contributed by atoms with Crippen LogP contribution in [0.4, 0.5) is 11.4 Å². The van der Waals surface area contributed by atoms with E-state index in [9.17, 15) is 18.5 Å². The average molecular weight is 467 g/mol. The lowest BCUT2D eigenvalue weighted by atomic mass is 10.2. The van der Waals surface area contributed by atoms with E-state index in [4.69, 9.17) is 9.88 Å². The van der Waals surface area contributed by atoms with Crippen molar-refractivity contribution >= 4 is 33.2 Å². The molecule has 2 aromatic carbocycles. The Morgan fingerprint density at radius 2 is 1.90 bits per heavy atom. The Labute approximate surface area is 186 Å². The maximum Gasteiger partial charge on any atom is 0.293 e. The molecule has 0 saturated carbocycles. The SMILES string of the molecule is C[C@H](C[C@H](Sc1ccccc1)N1CCOCC1)Nc1ccc(S(N)(=O)=O)cc1[N+](=O)[O-]. The van der Waals surface area contributed by atoms with Gasteiger partial charge in [-0.2, -0.15) is 0 Å². The van der Waals surface area contributed by atoms with Crippen molar-refractivity contribution in [2.75, 3.05) is 31.6 Å². The molecule has 1 heterocycles. The lowest BCUT2D eigenvalue weighted by Gasteiger charge is -2.35. The Kier molecular flexibility index (Phi) is 7.89. The first-order chi connectivity index (χ1) is 14.7. The summed E-state index contributed by atoms with van der Waals surface area (Å²) in [5.74, 6) is 0. The second kappa shape index (κ2) is 10.4. The highest BCUT2D eigenvalue weighted by Crippen LogP contribution is 2.32. The molecule has 3 rings (SSSR count). The smallest absolute Gasteiger partial charge is 0.293 e. The number of sulfonamides is 1. The number of hydrogen-bond acceptors (Lipinski definition) is 8. The van der Waals surface area contributed by atoms with Crippen LogP contribution < -0.4 is 10.5 Å². The first-order valence-corrected chi connectivity index (χ1v) is 12.3. The second-order valence-electron chi connectivity index (χ2n) is 7.30. The Hall–Kier alpha value is -2.18. The standard InChI is InChI=1S/C20H26N4O5S2/c1-15(22-18-8-7-17(31(21,27)28)14-19(18)24(25)26)13-20(23-9-11-29-12-10-23)30-16-5-3-2-4-6-16/h2-8,14-15,20,22H,9-13H2,1H3,(H2,21,27,28)/t15-,20+/m1/s1. The van der Waals surface area contributed by atoms with Crippen LogP contribution in [0.5, 0.6) is 0 Å². The highest BCUT2D eigenvalue weighted by atomic mass is 32.2. The summed E-state index contributed by atoms with van der Waals surface area (Å²) in [5.41, 5.74) is -0.0626. The summed E-state index contributed by atoms with van der Waals surface area (Å²) >= 11 is 1.75. The third-order valence-corrected chi connectivity index (χ3v) is 7.14. The molecule has 2 aromatic rings. The number of nitro groups is 1. The van der Waals surface area contributed by atoms with Crippen LogP contribution in [-0.2, 0) is 14.8 Å². The van der Waals surface area contributed by atoms with E-state index in [0.717, 1.165) is 24.1 Å². The van der Waals surface area contributed by atoms with E-state index in [1.54, 1.807) is 11.8 Å². The summed E-state index contributed by atoms with van der Waals surface area (Å²) in [5, 5.41) is 19.9. The fourth-order valence-corrected chi connectivity index (χ4v) is 5.29. The molecule has 31 heavy (non-hydrogen) atoms. The molecule has 11 heteroatoms. The maximum absolute atomic E-state index is 11.6. The van der Waals surface area contributed by atoms with Gasteiger partial charge in [0.1, 0.15) is 5.69 Å². The summed E-state index contributed by atoms with van der Waals surface area (Å²) in [7, 11) is -4.03. The number of thioether (sulfide) groups is 1. The number of hydrogen-bond donors (Lipinski definition) is 2. The lowest BCUT2D eigenvalue weighted by Crippen LogP contribution is -2.43. The minimum absolute atomic E-state index is 0.108. The van der Waals surface area contributed by atoms with Crippen molar-refractivity contribution in [2.24, 2.45) is 5.14 Å². The molecule has 1 aliphatic rings. The second-order valence-corrected chi connectivity index (χ2v) is 10.1. The van der Waals surface area contributed by atoms with Gasteiger partial charge < -0.3 is 10.1 Å². The van der Waals surface area contributed by atoms with Crippen molar-refractivity contribution < 1.29 is 18.1 Å². The van der Waals surface area contributed by atoms with Gasteiger partial charge in [0.25, 0.3) is 5.69 Å². The van der Waals surface area contributed by atoms with E-state index >= 15 is 0 Å². The molecule has 0 spiro atoms. The Morgan fingerprint density at radius 1 is 1.23 bits per heavy atom. The van der Waals surface area contributed by atoms with Gasteiger partial charge in [0.05, 0.1) is 28.4 Å².